The number of nitrogens with zero attached hydrogens (tertiary/aromatic N) is 1. The van der Waals surface area contributed by atoms with E-state index in [0.717, 1.165) is 30.9 Å². The maximum atomic E-state index is 12.6. The SMILES string of the molecule is CS(=O)(=O)/C=C/CNC(=O)c1cccc(S(=O)(=O)N2CCCCC2)c1. The zero-order valence-electron chi connectivity index (χ0n) is 14.0. The molecular weight excluding hydrogens is 364 g/mol. The van der Waals surface area contributed by atoms with E-state index in [0.29, 0.717) is 13.1 Å². The highest BCUT2D eigenvalue weighted by Gasteiger charge is 2.26. The van der Waals surface area contributed by atoms with Crippen LogP contribution in [0, 0.1) is 0 Å². The van der Waals surface area contributed by atoms with Gasteiger partial charge in [0.2, 0.25) is 10.0 Å². The highest BCUT2D eigenvalue weighted by atomic mass is 32.2. The second kappa shape index (κ2) is 8.11. The molecule has 1 aromatic carbocycles. The third kappa shape index (κ3) is 5.65. The van der Waals surface area contributed by atoms with Crippen LogP contribution in [0.1, 0.15) is 29.6 Å². The molecule has 138 valence electrons. The van der Waals surface area contributed by atoms with Crippen molar-refractivity contribution in [3.05, 3.63) is 41.3 Å². The summed E-state index contributed by atoms with van der Waals surface area (Å²) in [5.74, 6) is -0.464. The van der Waals surface area contributed by atoms with Crippen LogP contribution in [0.4, 0.5) is 0 Å². The fraction of sp³-hybridized carbons (Fsp3) is 0.438. The first-order valence-corrected chi connectivity index (χ1v) is 11.3. The molecule has 1 aliphatic rings. The molecule has 0 bridgehead atoms. The average molecular weight is 386 g/mol. The second-order valence-electron chi connectivity index (χ2n) is 5.90. The first-order chi connectivity index (χ1) is 11.7. The zero-order valence-corrected chi connectivity index (χ0v) is 15.6. The number of rotatable bonds is 6. The van der Waals surface area contributed by atoms with Crippen LogP contribution in [0.5, 0.6) is 0 Å². The summed E-state index contributed by atoms with van der Waals surface area (Å²) in [6, 6.07) is 5.87. The molecule has 1 fully saturated rings. The topological polar surface area (TPSA) is 101 Å². The molecule has 1 amide bonds. The monoisotopic (exact) mass is 386 g/mol. The largest absolute Gasteiger partial charge is 0.349 e. The van der Waals surface area contributed by atoms with Crippen molar-refractivity contribution < 1.29 is 21.6 Å². The summed E-state index contributed by atoms with van der Waals surface area (Å²) >= 11 is 0. The number of nitrogens with one attached hydrogen (secondary N) is 1. The van der Waals surface area contributed by atoms with Crippen LogP contribution < -0.4 is 5.32 Å². The summed E-state index contributed by atoms with van der Waals surface area (Å²) in [6.45, 7) is 1.03. The molecule has 0 atom stereocenters. The molecule has 1 aromatic rings. The zero-order chi connectivity index (χ0) is 18.5. The van der Waals surface area contributed by atoms with Gasteiger partial charge in [0.15, 0.2) is 9.84 Å². The molecular formula is C16H22N2O5S2. The highest BCUT2D eigenvalue weighted by Crippen LogP contribution is 2.21. The normalized spacial score (nSPS) is 16.8. The van der Waals surface area contributed by atoms with Crippen LogP contribution in [0.25, 0.3) is 0 Å². The molecule has 0 radical (unpaired) electrons. The van der Waals surface area contributed by atoms with E-state index >= 15 is 0 Å². The molecule has 7 nitrogen and oxygen atoms in total. The Morgan fingerprint density at radius 2 is 1.84 bits per heavy atom. The molecule has 1 heterocycles. The third-order valence-electron chi connectivity index (χ3n) is 3.77. The lowest BCUT2D eigenvalue weighted by atomic mass is 10.2. The van der Waals surface area contributed by atoms with Gasteiger partial charge in [0.1, 0.15) is 0 Å². The Balaban J connectivity index is 2.10. The van der Waals surface area contributed by atoms with Crippen LogP contribution in [0.2, 0.25) is 0 Å². The van der Waals surface area contributed by atoms with Gasteiger partial charge in [-0.1, -0.05) is 18.6 Å². The Morgan fingerprint density at radius 3 is 2.48 bits per heavy atom. The predicted octanol–water partition coefficient (Wildman–Crippen LogP) is 1.15. The van der Waals surface area contributed by atoms with Gasteiger partial charge in [0.05, 0.1) is 4.90 Å². The molecule has 0 aliphatic carbocycles. The van der Waals surface area contributed by atoms with Gasteiger partial charge in [-0.3, -0.25) is 4.79 Å². The molecule has 0 unspecified atom stereocenters. The molecule has 0 saturated carbocycles. The molecule has 1 aliphatic heterocycles. The van der Waals surface area contributed by atoms with E-state index in [9.17, 15) is 21.6 Å². The van der Waals surface area contributed by atoms with Crippen LogP contribution in [0.15, 0.2) is 40.6 Å². The summed E-state index contributed by atoms with van der Waals surface area (Å²) in [7, 11) is -6.84. The number of carbonyl (C=O) groups is 1. The number of amides is 1. The van der Waals surface area contributed by atoms with Crippen LogP contribution in [0.3, 0.4) is 0 Å². The Kier molecular flexibility index (Phi) is 6.36. The molecule has 0 aromatic heterocycles. The van der Waals surface area contributed by atoms with E-state index in [2.05, 4.69) is 5.32 Å². The number of benzene rings is 1. The van der Waals surface area contributed by atoms with Gasteiger partial charge >= 0.3 is 0 Å². The van der Waals surface area contributed by atoms with Crippen molar-refractivity contribution in [3.63, 3.8) is 0 Å². The van der Waals surface area contributed by atoms with Crippen molar-refractivity contribution in [2.75, 3.05) is 25.9 Å². The Morgan fingerprint density at radius 1 is 1.16 bits per heavy atom. The number of sulfone groups is 1. The van der Waals surface area contributed by atoms with Crippen molar-refractivity contribution in [1.82, 2.24) is 9.62 Å². The second-order valence-corrected chi connectivity index (χ2v) is 9.77. The first-order valence-electron chi connectivity index (χ1n) is 7.95. The maximum Gasteiger partial charge on any atom is 0.251 e. The maximum absolute atomic E-state index is 12.6. The summed E-state index contributed by atoms with van der Waals surface area (Å²) in [6.07, 6.45) is 5.08. The fourth-order valence-electron chi connectivity index (χ4n) is 2.53. The first kappa shape index (κ1) is 19.6. The van der Waals surface area contributed by atoms with E-state index in [1.807, 2.05) is 0 Å². The molecule has 9 heteroatoms. The minimum atomic E-state index is -3.60. The summed E-state index contributed by atoms with van der Waals surface area (Å²) in [4.78, 5) is 12.2. The summed E-state index contributed by atoms with van der Waals surface area (Å²) in [5.41, 5.74) is 0.214. The molecule has 2 rings (SSSR count). The Hall–Kier alpha value is -1.71. The molecule has 1 N–H and O–H groups in total. The van der Waals surface area contributed by atoms with Gasteiger partial charge in [-0.25, -0.2) is 16.8 Å². The Bertz CT molecular complexity index is 854. The lowest BCUT2D eigenvalue weighted by Gasteiger charge is -2.26. The minimum absolute atomic E-state index is 0.0367. The predicted molar refractivity (Wildman–Crippen MR) is 95.4 cm³/mol. The fourth-order valence-corrected chi connectivity index (χ4v) is 4.54. The third-order valence-corrected chi connectivity index (χ3v) is 6.35. The van der Waals surface area contributed by atoms with Gasteiger partial charge in [-0.15, -0.1) is 0 Å². The molecule has 1 saturated heterocycles. The molecule has 0 spiro atoms. The smallest absolute Gasteiger partial charge is 0.251 e. The van der Waals surface area contributed by atoms with Gasteiger partial charge in [0, 0.05) is 36.9 Å². The number of hydrogen-bond acceptors (Lipinski definition) is 5. The van der Waals surface area contributed by atoms with Crippen LogP contribution >= 0.6 is 0 Å². The standard InChI is InChI=1S/C16H22N2O5S2/c1-24(20,21)12-6-9-17-16(19)14-7-5-8-15(13-14)25(22,23)18-10-3-2-4-11-18/h5-8,12-13H,2-4,9-11H2,1H3,(H,17,19)/b12-6+. The van der Waals surface area contributed by atoms with Crippen molar-refractivity contribution in [3.8, 4) is 0 Å². The van der Waals surface area contributed by atoms with Crippen molar-refractivity contribution >= 4 is 25.8 Å². The lowest BCUT2D eigenvalue weighted by Crippen LogP contribution is -2.35. The van der Waals surface area contributed by atoms with Crippen LogP contribution in [-0.4, -0.2) is 52.9 Å². The Labute approximate surface area is 148 Å². The van der Waals surface area contributed by atoms with Crippen molar-refractivity contribution in [1.29, 1.82) is 0 Å². The number of sulfonamides is 1. The highest BCUT2D eigenvalue weighted by molar-refractivity contribution is 7.93. The number of carbonyl (C=O) groups excluding carboxylic acids is 1. The van der Waals surface area contributed by atoms with E-state index < -0.39 is 25.8 Å². The van der Waals surface area contributed by atoms with Gasteiger partial charge in [0.25, 0.3) is 5.91 Å². The van der Waals surface area contributed by atoms with Gasteiger partial charge in [-0.2, -0.15) is 4.31 Å². The lowest BCUT2D eigenvalue weighted by molar-refractivity contribution is 0.0957. The van der Waals surface area contributed by atoms with Crippen molar-refractivity contribution in [2.24, 2.45) is 0 Å². The van der Waals surface area contributed by atoms with Crippen LogP contribution in [-0.2, 0) is 19.9 Å². The average Bonchev–Trinajstić information content (AvgIpc) is 2.58. The molecule has 25 heavy (non-hydrogen) atoms. The van der Waals surface area contributed by atoms with Gasteiger partial charge < -0.3 is 5.32 Å². The number of piperidine rings is 1. The quantitative estimate of drug-likeness (QED) is 0.790. The summed E-state index contributed by atoms with van der Waals surface area (Å²) < 4.78 is 48.7. The minimum Gasteiger partial charge on any atom is -0.349 e. The number of hydrogen-bond donors (Lipinski definition) is 1. The van der Waals surface area contributed by atoms with E-state index in [4.69, 9.17) is 0 Å². The van der Waals surface area contributed by atoms with E-state index in [1.54, 1.807) is 0 Å². The van der Waals surface area contributed by atoms with E-state index in [1.165, 1.54) is 34.6 Å². The summed E-state index contributed by atoms with van der Waals surface area (Å²) in [5, 5.41) is 3.54. The van der Waals surface area contributed by atoms with E-state index in [-0.39, 0.29) is 17.0 Å². The van der Waals surface area contributed by atoms with Crippen molar-refractivity contribution in [2.45, 2.75) is 24.2 Å². The van der Waals surface area contributed by atoms with Gasteiger partial charge in [-0.05, 0) is 31.0 Å².